The standard InChI is InChI=1S/C29H37N3O5S/c1-17(2)15-21(25(33)30-14-13-18-11-12-22(36-5)23(16-18)37-6)31-26(34)24-29(3,4)38-28-20-10-8-7-9-19(20)27(35)32(24)28/h7-12,16-17,21,24,28H,13-15H2,1-6H3,(H,30,33)(H,31,34)/t21-,24+,28?/m0/s1. The fourth-order valence-electron chi connectivity index (χ4n) is 5.25. The van der Waals surface area contributed by atoms with E-state index in [0.29, 0.717) is 36.4 Å². The molecule has 2 heterocycles. The van der Waals surface area contributed by atoms with Gasteiger partial charge in [0.2, 0.25) is 11.8 Å². The van der Waals surface area contributed by atoms with Crippen molar-refractivity contribution in [2.75, 3.05) is 20.8 Å². The minimum atomic E-state index is -0.701. The van der Waals surface area contributed by atoms with Crippen molar-refractivity contribution >= 4 is 29.5 Å². The topological polar surface area (TPSA) is 97.0 Å². The molecule has 204 valence electrons. The fraction of sp³-hybridized carbons (Fsp3) is 0.483. The average Bonchev–Trinajstić information content (AvgIpc) is 3.31. The van der Waals surface area contributed by atoms with E-state index in [9.17, 15) is 14.4 Å². The lowest BCUT2D eigenvalue weighted by molar-refractivity contribution is -0.132. The van der Waals surface area contributed by atoms with Crippen LogP contribution in [0.5, 0.6) is 11.5 Å². The number of fused-ring (bicyclic) bond motifs is 3. The van der Waals surface area contributed by atoms with Crippen LogP contribution >= 0.6 is 11.8 Å². The maximum Gasteiger partial charge on any atom is 0.256 e. The molecule has 3 atom stereocenters. The van der Waals surface area contributed by atoms with E-state index in [1.165, 1.54) is 0 Å². The van der Waals surface area contributed by atoms with E-state index in [4.69, 9.17) is 9.47 Å². The van der Waals surface area contributed by atoms with Crippen molar-refractivity contribution < 1.29 is 23.9 Å². The van der Waals surface area contributed by atoms with Gasteiger partial charge in [-0.3, -0.25) is 14.4 Å². The number of carbonyl (C=O) groups is 3. The Bertz CT molecular complexity index is 1210. The van der Waals surface area contributed by atoms with Crippen molar-refractivity contribution in [2.45, 2.75) is 62.7 Å². The minimum Gasteiger partial charge on any atom is -0.493 e. The first kappa shape index (κ1) is 27.8. The number of hydrogen-bond donors (Lipinski definition) is 2. The van der Waals surface area contributed by atoms with Gasteiger partial charge < -0.3 is 25.0 Å². The van der Waals surface area contributed by atoms with E-state index in [2.05, 4.69) is 10.6 Å². The SMILES string of the molecule is COc1ccc(CCNC(=O)[C@H](CC(C)C)NC(=O)[C@H]2N3C(=O)c4ccccc4C3SC2(C)C)cc1OC. The van der Waals surface area contributed by atoms with Gasteiger partial charge in [-0.15, -0.1) is 11.8 Å². The van der Waals surface area contributed by atoms with E-state index < -0.39 is 16.8 Å². The van der Waals surface area contributed by atoms with Crippen molar-refractivity contribution in [1.82, 2.24) is 15.5 Å². The number of hydrogen-bond acceptors (Lipinski definition) is 6. The summed E-state index contributed by atoms with van der Waals surface area (Å²) in [6, 6.07) is 11.8. The lowest BCUT2D eigenvalue weighted by Gasteiger charge is -2.31. The first-order chi connectivity index (χ1) is 18.1. The quantitative estimate of drug-likeness (QED) is 0.475. The molecule has 9 heteroatoms. The molecule has 1 fully saturated rings. The molecule has 0 radical (unpaired) electrons. The number of amides is 3. The molecule has 2 aliphatic rings. The lowest BCUT2D eigenvalue weighted by Crippen LogP contribution is -2.57. The summed E-state index contributed by atoms with van der Waals surface area (Å²) >= 11 is 1.61. The summed E-state index contributed by atoms with van der Waals surface area (Å²) in [6.45, 7) is 8.41. The highest BCUT2D eigenvalue weighted by atomic mass is 32.2. The third-order valence-electron chi connectivity index (χ3n) is 7.05. The number of methoxy groups -OCH3 is 2. The maximum absolute atomic E-state index is 13.7. The fourth-order valence-corrected chi connectivity index (χ4v) is 6.84. The number of nitrogens with one attached hydrogen (secondary N) is 2. The highest BCUT2D eigenvalue weighted by Crippen LogP contribution is 2.56. The van der Waals surface area contributed by atoms with Gasteiger partial charge in [0.05, 0.1) is 14.2 Å². The molecule has 1 saturated heterocycles. The molecule has 2 N–H and O–H groups in total. The van der Waals surface area contributed by atoms with Crippen LogP contribution in [0.2, 0.25) is 0 Å². The van der Waals surface area contributed by atoms with Gasteiger partial charge >= 0.3 is 0 Å². The van der Waals surface area contributed by atoms with Crippen molar-refractivity contribution in [1.29, 1.82) is 0 Å². The number of thioether (sulfide) groups is 1. The minimum absolute atomic E-state index is 0.136. The molecule has 4 rings (SSSR count). The molecular weight excluding hydrogens is 502 g/mol. The predicted octanol–water partition coefficient (Wildman–Crippen LogP) is 3.94. The molecule has 2 aromatic carbocycles. The van der Waals surface area contributed by atoms with Crippen LogP contribution in [0.4, 0.5) is 0 Å². The Morgan fingerprint density at radius 2 is 1.79 bits per heavy atom. The monoisotopic (exact) mass is 539 g/mol. The van der Waals surface area contributed by atoms with Crippen LogP contribution in [-0.4, -0.2) is 60.2 Å². The first-order valence-electron chi connectivity index (χ1n) is 13.0. The smallest absolute Gasteiger partial charge is 0.256 e. The summed E-state index contributed by atoms with van der Waals surface area (Å²) < 4.78 is 10.1. The number of nitrogens with zero attached hydrogens (tertiary/aromatic N) is 1. The molecule has 2 aliphatic heterocycles. The average molecular weight is 540 g/mol. The van der Waals surface area contributed by atoms with Gasteiger partial charge in [-0.05, 0) is 61.9 Å². The van der Waals surface area contributed by atoms with Gasteiger partial charge in [-0.25, -0.2) is 0 Å². The number of benzene rings is 2. The molecule has 8 nitrogen and oxygen atoms in total. The van der Waals surface area contributed by atoms with Crippen LogP contribution in [0, 0.1) is 5.92 Å². The highest BCUT2D eigenvalue weighted by molar-refractivity contribution is 8.01. The van der Waals surface area contributed by atoms with Crippen molar-refractivity contribution in [3.63, 3.8) is 0 Å². The van der Waals surface area contributed by atoms with Crippen LogP contribution in [0.1, 0.15) is 61.0 Å². The Balaban J connectivity index is 1.44. The zero-order chi connectivity index (χ0) is 27.6. The van der Waals surface area contributed by atoms with Gasteiger partial charge in [0.1, 0.15) is 17.5 Å². The second-order valence-electron chi connectivity index (χ2n) is 10.7. The van der Waals surface area contributed by atoms with Crippen LogP contribution in [0.25, 0.3) is 0 Å². The van der Waals surface area contributed by atoms with Crippen LogP contribution in [0.3, 0.4) is 0 Å². The van der Waals surface area contributed by atoms with Crippen LogP contribution in [0.15, 0.2) is 42.5 Å². The van der Waals surface area contributed by atoms with Crippen molar-refractivity contribution in [3.8, 4) is 11.5 Å². The zero-order valence-corrected chi connectivity index (χ0v) is 23.7. The Kier molecular flexibility index (Phi) is 8.25. The van der Waals surface area contributed by atoms with Gasteiger partial charge in [-0.2, -0.15) is 0 Å². The Morgan fingerprint density at radius 1 is 1.08 bits per heavy atom. The van der Waals surface area contributed by atoms with E-state index >= 15 is 0 Å². The Labute approximate surface area is 228 Å². The van der Waals surface area contributed by atoms with Gasteiger partial charge in [-0.1, -0.05) is 38.1 Å². The van der Waals surface area contributed by atoms with E-state index in [-0.39, 0.29) is 29.0 Å². The Hall–Kier alpha value is -3.20. The molecular formula is C29H37N3O5S. The van der Waals surface area contributed by atoms with E-state index in [0.717, 1.165) is 11.1 Å². The summed E-state index contributed by atoms with van der Waals surface area (Å²) in [4.78, 5) is 41.9. The van der Waals surface area contributed by atoms with E-state index in [1.54, 1.807) is 30.9 Å². The number of rotatable bonds is 10. The molecule has 0 saturated carbocycles. The molecule has 0 aliphatic carbocycles. The summed E-state index contributed by atoms with van der Waals surface area (Å²) in [5, 5.41) is 5.76. The van der Waals surface area contributed by atoms with Gasteiger partial charge in [0.15, 0.2) is 11.5 Å². The van der Waals surface area contributed by atoms with Crippen LogP contribution in [-0.2, 0) is 16.0 Å². The molecule has 38 heavy (non-hydrogen) atoms. The second-order valence-corrected chi connectivity index (χ2v) is 12.4. The normalized spacial score (nSPS) is 20.1. The third kappa shape index (κ3) is 5.48. The summed E-state index contributed by atoms with van der Waals surface area (Å²) in [5.74, 6) is 0.803. The zero-order valence-electron chi connectivity index (χ0n) is 22.9. The molecule has 0 bridgehead atoms. The Morgan fingerprint density at radius 3 is 2.47 bits per heavy atom. The molecule has 3 amide bonds. The summed E-state index contributed by atoms with van der Waals surface area (Å²) in [7, 11) is 3.17. The molecule has 1 unspecified atom stereocenters. The number of carbonyl (C=O) groups excluding carboxylic acids is 3. The third-order valence-corrected chi connectivity index (χ3v) is 8.58. The number of ether oxygens (including phenoxy) is 2. The highest BCUT2D eigenvalue weighted by Gasteiger charge is 2.57. The summed E-state index contributed by atoms with van der Waals surface area (Å²) in [6.07, 6.45) is 1.09. The van der Waals surface area contributed by atoms with Crippen LogP contribution < -0.4 is 20.1 Å². The molecule has 2 aromatic rings. The summed E-state index contributed by atoms with van der Waals surface area (Å²) in [5.41, 5.74) is 2.58. The lowest BCUT2D eigenvalue weighted by atomic mass is 9.98. The molecule has 0 aromatic heterocycles. The van der Waals surface area contributed by atoms with E-state index in [1.807, 2.05) is 70.2 Å². The van der Waals surface area contributed by atoms with Crippen molar-refractivity contribution in [3.05, 3.63) is 59.2 Å². The molecule has 0 spiro atoms. The predicted molar refractivity (Wildman–Crippen MR) is 148 cm³/mol. The van der Waals surface area contributed by atoms with Gasteiger partial charge in [0.25, 0.3) is 5.91 Å². The first-order valence-corrected chi connectivity index (χ1v) is 13.8. The van der Waals surface area contributed by atoms with Gasteiger partial charge in [0, 0.05) is 16.9 Å². The van der Waals surface area contributed by atoms with Crippen molar-refractivity contribution in [2.24, 2.45) is 5.92 Å². The maximum atomic E-state index is 13.7. The largest absolute Gasteiger partial charge is 0.493 e. The second kappa shape index (κ2) is 11.3.